The zero-order chi connectivity index (χ0) is 8.43. The van der Waals surface area contributed by atoms with Crippen molar-refractivity contribution in [3.63, 3.8) is 0 Å². The zero-order valence-corrected chi connectivity index (χ0v) is 5.94. The zero-order valence-electron chi connectivity index (χ0n) is 5.94. The van der Waals surface area contributed by atoms with Crippen molar-refractivity contribution in [3.05, 3.63) is 4.91 Å². The third-order valence-corrected chi connectivity index (χ3v) is 1.35. The molecule has 11 heavy (non-hydrogen) atoms. The molecule has 0 radical (unpaired) electrons. The third-order valence-electron chi connectivity index (χ3n) is 1.35. The van der Waals surface area contributed by atoms with E-state index in [2.05, 4.69) is 15.5 Å². The van der Waals surface area contributed by atoms with Gasteiger partial charge in [-0.15, -0.1) is 4.91 Å². The first kappa shape index (κ1) is 7.80. The number of amides is 1. The quantitative estimate of drug-likeness (QED) is 0.474. The van der Waals surface area contributed by atoms with Gasteiger partial charge in [0.1, 0.15) is 12.0 Å². The molecule has 1 aliphatic rings. The lowest BCUT2D eigenvalue weighted by molar-refractivity contribution is -0.121. The van der Waals surface area contributed by atoms with E-state index in [9.17, 15) is 9.70 Å². The van der Waals surface area contributed by atoms with Crippen LogP contribution >= 0.6 is 0 Å². The van der Waals surface area contributed by atoms with Crippen LogP contribution < -0.4 is 11.1 Å². The summed E-state index contributed by atoms with van der Waals surface area (Å²) >= 11 is 0. The van der Waals surface area contributed by atoms with Crippen molar-refractivity contribution in [3.8, 4) is 0 Å². The lowest BCUT2D eigenvalue weighted by Gasteiger charge is -2.19. The Labute approximate surface area is 62.8 Å². The van der Waals surface area contributed by atoms with Crippen LogP contribution in [0.2, 0.25) is 0 Å². The highest BCUT2D eigenvalue weighted by atomic mass is 16.3. The Morgan fingerprint density at radius 1 is 1.73 bits per heavy atom. The van der Waals surface area contributed by atoms with E-state index in [0.717, 1.165) is 0 Å². The second-order valence-corrected chi connectivity index (χ2v) is 2.24. The standard InChI is InChI=1S/C5H8N4O2/c1-2-7-4(6)3(9-11)5(10)8-2/h3-4H,6H2,1H3,(H,7,8,10). The monoisotopic (exact) mass is 156 g/mol. The molecule has 0 aromatic heterocycles. The summed E-state index contributed by atoms with van der Waals surface area (Å²) in [5, 5.41) is 4.90. The average Bonchev–Trinajstić information content (AvgIpc) is 1.85. The van der Waals surface area contributed by atoms with Gasteiger partial charge in [0, 0.05) is 0 Å². The van der Waals surface area contributed by atoms with Gasteiger partial charge < -0.3 is 11.1 Å². The second kappa shape index (κ2) is 2.75. The summed E-state index contributed by atoms with van der Waals surface area (Å²) < 4.78 is 0. The molecule has 1 aliphatic heterocycles. The Bertz CT molecular complexity index is 225. The number of hydrogen-bond donors (Lipinski definition) is 2. The van der Waals surface area contributed by atoms with Crippen LogP contribution in [0.1, 0.15) is 6.92 Å². The molecular weight excluding hydrogens is 148 g/mol. The molecule has 0 saturated carbocycles. The van der Waals surface area contributed by atoms with E-state index in [-0.39, 0.29) is 0 Å². The molecule has 1 amide bonds. The van der Waals surface area contributed by atoms with Gasteiger partial charge in [0.15, 0.2) is 0 Å². The number of hydrogen-bond acceptors (Lipinski definition) is 5. The predicted molar refractivity (Wildman–Crippen MR) is 38.8 cm³/mol. The summed E-state index contributed by atoms with van der Waals surface area (Å²) in [6.45, 7) is 1.60. The number of nitroso groups, excluding NO2 is 1. The molecule has 2 atom stereocenters. The molecule has 2 unspecified atom stereocenters. The van der Waals surface area contributed by atoms with Crippen molar-refractivity contribution in [2.45, 2.75) is 19.1 Å². The van der Waals surface area contributed by atoms with E-state index in [0.29, 0.717) is 5.84 Å². The molecule has 0 aromatic rings. The number of rotatable bonds is 1. The number of carbonyl (C=O) groups is 1. The molecule has 0 bridgehead atoms. The van der Waals surface area contributed by atoms with Crippen molar-refractivity contribution < 1.29 is 4.79 Å². The van der Waals surface area contributed by atoms with E-state index >= 15 is 0 Å². The SMILES string of the molecule is CC1=NC(N)C(N=O)C(=O)N1. The van der Waals surface area contributed by atoms with E-state index in [1.165, 1.54) is 0 Å². The highest BCUT2D eigenvalue weighted by Crippen LogP contribution is 2.03. The minimum absolute atomic E-state index is 0.419. The summed E-state index contributed by atoms with van der Waals surface area (Å²) in [5.41, 5.74) is 5.33. The fraction of sp³-hybridized carbons (Fsp3) is 0.600. The molecule has 6 nitrogen and oxygen atoms in total. The molecular formula is C5H8N4O2. The maximum atomic E-state index is 10.9. The summed E-state index contributed by atoms with van der Waals surface area (Å²) in [4.78, 5) is 24.7. The minimum atomic E-state index is -1.08. The van der Waals surface area contributed by atoms with Crippen molar-refractivity contribution >= 4 is 11.7 Å². The predicted octanol–water partition coefficient (Wildman–Crippen LogP) is -1.05. The summed E-state index contributed by atoms with van der Waals surface area (Å²) in [6.07, 6.45) is -0.832. The molecule has 0 fully saturated rings. The van der Waals surface area contributed by atoms with Crippen molar-refractivity contribution in [2.24, 2.45) is 15.9 Å². The number of nitrogens with one attached hydrogen (secondary N) is 1. The number of nitrogens with zero attached hydrogens (tertiary/aromatic N) is 2. The van der Waals surface area contributed by atoms with Gasteiger partial charge in [0.2, 0.25) is 6.04 Å². The van der Waals surface area contributed by atoms with Crippen LogP contribution in [-0.2, 0) is 4.79 Å². The van der Waals surface area contributed by atoms with Crippen molar-refractivity contribution in [1.82, 2.24) is 5.32 Å². The van der Waals surface area contributed by atoms with E-state index < -0.39 is 18.1 Å². The lowest BCUT2D eigenvalue weighted by Crippen LogP contribution is -2.50. The van der Waals surface area contributed by atoms with Gasteiger partial charge in [-0.25, -0.2) is 0 Å². The van der Waals surface area contributed by atoms with E-state index in [1.807, 2.05) is 0 Å². The van der Waals surface area contributed by atoms with Crippen LogP contribution in [0, 0.1) is 4.91 Å². The Hall–Kier alpha value is -1.30. The van der Waals surface area contributed by atoms with Gasteiger partial charge in [0.05, 0.1) is 0 Å². The fourth-order valence-corrected chi connectivity index (χ4v) is 0.844. The molecule has 1 heterocycles. The molecule has 0 aromatic carbocycles. The Balaban J connectivity index is 2.85. The van der Waals surface area contributed by atoms with Gasteiger partial charge in [-0.3, -0.25) is 9.79 Å². The fourth-order valence-electron chi connectivity index (χ4n) is 0.844. The van der Waals surface area contributed by atoms with Crippen LogP contribution in [-0.4, -0.2) is 24.0 Å². The number of carbonyl (C=O) groups excluding carboxylic acids is 1. The largest absolute Gasteiger partial charge is 0.313 e. The maximum absolute atomic E-state index is 10.9. The molecule has 60 valence electrons. The maximum Gasteiger partial charge on any atom is 0.257 e. The van der Waals surface area contributed by atoms with Crippen molar-refractivity contribution in [1.29, 1.82) is 0 Å². The first-order valence-electron chi connectivity index (χ1n) is 3.08. The van der Waals surface area contributed by atoms with Crippen LogP contribution in [0.4, 0.5) is 0 Å². The first-order valence-corrected chi connectivity index (χ1v) is 3.08. The lowest BCUT2D eigenvalue weighted by atomic mass is 10.2. The Morgan fingerprint density at radius 3 is 2.82 bits per heavy atom. The minimum Gasteiger partial charge on any atom is -0.313 e. The topological polar surface area (TPSA) is 96.9 Å². The normalized spacial score (nSPS) is 30.7. The van der Waals surface area contributed by atoms with Gasteiger partial charge >= 0.3 is 0 Å². The van der Waals surface area contributed by atoms with Crippen LogP contribution in [0.25, 0.3) is 0 Å². The summed E-state index contributed by atoms with van der Waals surface area (Å²) in [7, 11) is 0. The molecule has 1 rings (SSSR count). The molecule has 0 spiro atoms. The number of amidine groups is 1. The smallest absolute Gasteiger partial charge is 0.257 e. The van der Waals surface area contributed by atoms with Crippen LogP contribution in [0.3, 0.4) is 0 Å². The van der Waals surface area contributed by atoms with Crippen LogP contribution in [0.5, 0.6) is 0 Å². The molecule has 0 saturated heterocycles. The highest BCUT2D eigenvalue weighted by molar-refractivity contribution is 6.01. The van der Waals surface area contributed by atoms with E-state index in [1.54, 1.807) is 6.92 Å². The Morgan fingerprint density at radius 2 is 2.36 bits per heavy atom. The van der Waals surface area contributed by atoms with E-state index in [4.69, 9.17) is 5.73 Å². The second-order valence-electron chi connectivity index (χ2n) is 2.24. The summed E-state index contributed by atoms with van der Waals surface area (Å²) in [5.74, 6) is -0.0672. The van der Waals surface area contributed by atoms with Gasteiger partial charge in [-0.1, -0.05) is 5.18 Å². The molecule has 6 heteroatoms. The number of nitrogens with two attached hydrogens (primary N) is 1. The molecule has 0 aliphatic carbocycles. The van der Waals surface area contributed by atoms with Gasteiger partial charge in [-0.05, 0) is 6.92 Å². The first-order chi connectivity index (χ1) is 5.15. The van der Waals surface area contributed by atoms with Gasteiger partial charge in [-0.2, -0.15) is 0 Å². The van der Waals surface area contributed by atoms with Gasteiger partial charge in [0.25, 0.3) is 5.91 Å². The number of aliphatic imine (C=N–C) groups is 1. The highest BCUT2D eigenvalue weighted by Gasteiger charge is 2.30. The Kier molecular flexibility index (Phi) is 1.95. The van der Waals surface area contributed by atoms with Crippen LogP contribution in [0.15, 0.2) is 10.2 Å². The third kappa shape index (κ3) is 1.40. The average molecular weight is 156 g/mol. The molecule has 3 N–H and O–H groups in total. The van der Waals surface area contributed by atoms with Crippen molar-refractivity contribution in [2.75, 3.05) is 0 Å². The summed E-state index contributed by atoms with van der Waals surface area (Å²) in [6, 6.07) is -1.08.